The molecule has 0 bridgehead atoms. The van der Waals surface area contributed by atoms with E-state index in [1.165, 1.54) is 20.1 Å². The lowest BCUT2D eigenvalue weighted by atomic mass is 9.82. The predicted octanol–water partition coefficient (Wildman–Crippen LogP) is 2.01. The Morgan fingerprint density at radius 3 is 2.17 bits per heavy atom. The third-order valence-corrected chi connectivity index (χ3v) is 3.73. The zero-order chi connectivity index (χ0) is 16.7. The minimum atomic E-state index is -0.363. The van der Waals surface area contributed by atoms with Gasteiger partial charge in [0.05, 0.1) is 29.6 Å². The van der Waals surface area contributed by atoms with E-state index >= 15 is 0 Å². The molecule has 0 atom stereocenters. The lowest BCUT2D eigenvalue weighted by molar-refractivity contribution is -0.114. The van der Waals surface area contributed by atoms with Gasteiger partial charge in [-0.25, -0.2) is 0 Å². The summed E-state index contributed by atoms with van der Waals surface area (Å²) in [6.07, 6.45) is 0. The minimum Gasteiger partial charge on any atom is -0.494 e. The van der Waals surface area contributed by atoms with E-state index in [9.17, 15) is 14.4 Å². The number of anilines is 2. The zero-order valence-electron chi connectivity index (χ0n) is 12.6. The first kappa shape index (κ1) is 14.8. The quantitative estimate of drug-likeness (QED) is 0.705. The molecule has 6 nitrogen and oxygen atoms in total. The van der Waals surface area contributed by atoms with Crippen LogP contribution in [0, 0.1) is 0 Å². The van der Waals surface area contributed by atoms with E-state index in [4.69, 9.17) is 10.5 Å². The van der Waals surface area contributed by atoms with Gasteiger partial charge in [0.1, 0.15) is 5.75 Å². The molecule has 1 aliphatic carbocycles. The van der Waals surface area contributed by atoms with Gasteiger partial charge < -0.3 is 15.8 Å². The van der Waals surface area contributed by atoms with Crippen LogP contribution < -0.4 is 15.8 Å². The SMILES string of the molecule is COc1cc(NC(C)=O)c2c(c1N)C(=O)c1ccccc1C2=O. The highest BCUT2D eigenvalue weighted by Gasteiger charge is 2.35. The van der Waals surface area contributed by atoms with Crippen molar-refractivity contribution in [3.8, 4) is 5.75 Å². The number of ether oxygens (including phenoxy) is 1. The highest BCUT2D eigenvalue weighted by Crippen LogP contribution is 2.40. The molecule has 0 unspecified atom stereocenters. The van der Waals surface area contributed by atoms with Gasteiger partial charge in [0.25, 0.3) is 0 Å². The van der Waals surface area contributed by atoms with Crippen LogP contribution in [0.3, 0.4) is 0 Å². The number of ketones is 2. The van der Waals surface area contributed by atoms with Crippen LogP contribution in [-0.4, -0.2) is 24.6 Å². The number of benzene rings is 2. The first-order chi connectivity index (χ1) is 11.0. The van der Waals surface area contributed by atoms with Crippen molar-refractivity contribution in [1.82, 2.24) is 0 Å². The normalized spacial score (nSPS) is 12.4. The van der Waals surface area contributed by atoms with Gasteiger partial charge in [-0.05, 0) is 0 Å². The second-order valence-corrected chi connectivity index (χ2v) is 5.18. The van der Waals surface area contributed by atoms with Crippen molar-refractivity contribution in [2.75, 3.05) is 18.2 Å². The molecule has 0 radical (unpaired) electrons. The lowest BCUT2D eigenvalue weighted by Gasteiger charge is -2.23. The smallest absolute Gasteiger partial charge is 0.221 e. The van der Waals surface area contributed by atoms with Gasteiger partial charge in [-0.15, -0.1) is 0 Å². The first-order valence-corrected chi connectivity index (χ1v) is 6.92. The van der Waals surface area contributed by atoms with Crippen molar-refractivity contribution in [3.05, 3.63) is 52.6 Å². The number of carbonyl (C=O) groups excluding carboxylic acids is 3. The number of hydrogen-bond acceptors (Lipinski definition) is 5. The monoisotopic (exact) mass is 310 g/mol. The maximum Gasteiger partial charge on any atom is 0.221 e. The summed E-state index contributed by atoms with van der Waals surface area (Å²) >= 11 is 0. The van der Waals surface area contributed by atoms with Crippen molar-refractivity contribution in [1.29, 1.82) is 0 Å². The van der Waals surface area contributed by atoms with E-state index < -0.39 is 0 Å². The van der Waals surface area contributed by atoms with Crippen LogP contribution >= 0.6 is 0 Å². The molecule has 0 saturated carbocycles. The molecule has 0 spiro atoms. The Labute approximate surface area is 132 Å². The van der Waals surface area contributed by atoms with Crippen LogP contribution in [0.1, 0.15) is 38.8 Å². The predicted molar refractivity (Wildman–Crippen MR) is 85.0 cm³/mol. The Bertz CT molecular complexity index is 871. The van der Waals surface area contributed by atoms with E-state index in [-0.39, 0.29) is 45.7 Å². The average Bonchev–Trinajstić information content (AvgIpc) is 2.53. The molecule has 0 aromatic heterocycles. The molecule has 3 rings (SSSR count). The van der Waals surface area contributed by atoms with Crippen molar-refractivity contribution in [3.63, 3.8) is 0 Å². The summed E-state index contributed by atoms with van der Waals surface area (Å²) in [7, 11) is 1.40. The fraction of sp³-hybridized carbons (Fsp3) is 0.118. The van der Waals surface area contributed by atoms with Gasteiger partial charge in [-0.1, -0.05) is 24.3 Å². The number of carbonyl (C=O) groups is 3. The van der Waals surface area contributed by atoms with Crippen LogP contribution in [0.4, 0.5) is 11.4 Å². The van der Waals surface area contributed by atoms with Crippen molar-refractivity contribution < 1.29 is 19.1 Å². The second-order valence-electron chi connectivity index (χ2n) is 5.18. The summed E-state index contributed by atoms with van der Waals surface area (Å²) in [5, 5.41) is 2.57. The highest BCUT2D eigenvalue weighted by molar-refractivity contribution is 6.32. The Kier molecular flexibility index (Phi) is 3.37. The van der Waals surface area contributed by atoms with E-state index in [2.05, 4.69) is 5.32 Å². The minimum absolute atomic E-state index is 0.0665. The first-order valence-electron chi connectivity index (χ1n) is 6.92. The van der Waals surface area contributed by atoms with Gasteiger partial charge in [0.15, 0.2) is 11.6 Å². The Morgan fingerprint density at radius 1 is 1.09 bits per heavy atom. The summed E-state index contributed by atoms with van der Waals surface area (Å²) in [4.78, 5) is 37.0. The largest absolute Gasteiger partial charge is 0.494 e. The fourth-order valence-corrected chi connectivity index (χ4v) is 2.75. The topological polar surface area (TPSA) is 98.5 Å². The Morgan fingerprint density at radius 2 is 1.65 bits per heavy atom. The van der Waals surface area contributed by atoms with Crippen molar-refractivity contribution in [2.24, 2.45) is 0 Å². The summed E-state index contributed by atoms with van der Waals surface area (Å²) < 4.78 is 5.17. The van der Waals surface area contributed by atoms with Gasteiger partial charge in [0.2, 0.25) is 5.91 Å². The van der Waals surface area contributed by atoms with E-state index in [0.717, 1.165) is 0 Å². The van der Waals surface area contributed by atoms with Crippen LogP contribution in [-0.2, 0) is 4.79 Å². The van der Waals surface area contributed by atoms with E-state index in [1.807, 2.05) is 0 Å². The summed E-state index contributed by atoms with van der Waals surface area (Å²) in [5.41, 5.74) is 7.06. The zero-order valence-corrected chi connectivity index (χ0v) is 12.6. The molecule has 116 valence electrons. The van der Waals surface area contributed by atoms with Crippen LogP contribution in [0.25, 0.3) is 0 Å². The number of hydrogen-bond donors (Lipinski definition) is 2. The molecule has 0 aliphatic heterocycles. The molecule has 2 aromatic rings. The summed E-state index contributed by atoms with van der Waals surface area (Å²) in [6, 6.07) is 7.97. The van der Waals surface area contributed by atoms with Crippen LogP contribution in [0.15, 0.2) is 30.3 Å². The molecule has 2 aromatic carbocycles. The third-order valence-electron chi connectivity index (χ3n) is 3.73. The number of rotatable bonds is 2. The van der Waals surface area contributed by atoms with Gasteiger partial charge >= 0.3 is 0 Å². The second kappa shape index (κ2) is 5.24. The van der Waals surface area contributed by atoms with Gasteiger partial charge in [0, 0.05) is 24.1 Å². The highest BCUT2D eigenvalue weighted by atomic mass is 16.5. The number of amides is 1. The van der Waals surface area contributed by atoms with Crippen LogP contribution in [0.2, 0.25) is 0 Å². The number of nitrogens with one attached hydrogen (secondary N) is 1. The average molecular weight is 310 g/mol. The molecule has 0 saturated heterocycles. The number of nitrogen functional groups attached to an aromatic ring is 1. The molecule has 23 heavy (non-hydrogen) atoms. The molecular weight excluding hydrogens is 296 g/mol. The fourth-order valence-electron chi connectivity index (χ4n) is 2.75. The molecular formula is C17H14N2O4. The maximum absolute atomic E-state index is 12.8. The van der Waals surface area contributed by atoms with E-state index in [0.29, 0.717) is 11.1 Å². The standard InChI is InChI=1S/C17H14N2O4/c1-8(20)19-11-7-12(23-2)15(18)14-13(11)16(21)9-5-3-4-6-10(9)17(14)22/h3-7H,18H2,1-2H3,(H,19,20). The molecule has 3 N–H and O–H groups in total. The van der Waals surface area contributed by atoms with Crippen molar-refractivity contribution in [2.45, 2.75) is 6.92 Å². The number of fused-ring (bicyclic) bond motifs is 2. The number of methoxy groups -OCH3 is 1. The molecule has 1 amide bonds. The molecule has 1 aliphatic rings. The number of nitrogens with two attached hydrogens (primary N) is 1. The summed E-state index contributed by atoms with van der Waals surface area (Å²) in [6.45, 7) is 1.32. The molecule has 6 heteroatoms. The third kappa shape index (κ3) is 2.15. The van der Waals surface area contributed by atoms with Crippen molar-refractivity contribution >= 4 is 28.8 Å². The van der Waals surface area contributed by atoms with Gasteiger partial charge in [-0.3, -0.25) is 14.4 Å². The maximum atomic E-state index is 12.8. The Hall–Kier alpha value is -3.15. The van der Waals surface area contributed by atoms with Crippen LogP contribution in [0.5, 0.6) is 5.75 Å². The Balaban J connectivity index is 2.36. The van der Waals surface area contributed by atoms with Gasteiger partial charge in [-0.2, -0.15) is 0 Å². The van der Waals surface area contributed by atoms with E-state index in [1.54, 1.807) is 24.3 Å². The lowest BCUT2D eigenvalue weighted by Crippen LogP contribution is -2.25. The molecule has 0 heterocycles. The molecule has 0 fully saturated rings. The summed E-state index contributed by atoms with van der Waals surface area (Å²) in [5.74, 6) is -0.849.